The number of nitrogen functional groups attached to an aromatic ring is 1. The fraction of sp³-hybridized carbons (Fsp3) is 0.0909. The summed E-state index contributed by atoms with van der Waals surface area (Å²) >= 11 is 5.59. The SMILES string of the molecule is Cn1cc(N)c(C(=O)Nc2ccc(I)cc2Br)n1. The molecule has 0 saturated carbocycles. The van der Waals surface area contributed by atoms with E-state index in [9.17, 15) is 4.79 Å². The van der Waals surface area contributed by atoms with Crippen LogP contribution in [0.5, 0.6) is 0 Å². The van der Waals surface area contributed by atoms with Gasteiger partial charge in [-0.2, -0.15) is 5.10 Å². The maximum atomic E-state index is 12.0. The van der Waals surface area contributed by atoms with Gasteiger partial charge in [0.1, 0.15) is 0 Å². The van der Waals surface area contributed by atoms with Crippen molar-refractivity contribution in [1.82, 2.24) is 9.78 Å². The van der Waals surface area contributed by atoms with Crippen LogP contribution in [0, 0.1) is 3.57 Å². The Kier molecular flexibility index (Phi) is 3.91. The topological polar surface area (TPSA) is 72.9 Å². The molecule has 0 aliphatic carbocycles. The Labute approximate surface area is 126 Å². The van der Waals surface area contributed by atoms with Gasteiger partial charge in [0.15, 0.2) is 5.69 Å². The lowest BCUT2D eigenvalue weighted by atomic mass is 10.3. The minimum Gasteiger partial charge on any atom is -0.396 e. The Morgan fingerprint density at radius 1 is 1.56 bits per heavy atom. The molecule has 0 fully saturated rings. The first-order chi connectivity index (χ1) is 8.47. The predicted molar refractivity (Wildman–Crippen MR) is 82.4 cm³/mol. The molecule has 1 aromatic heterocycles. The van der Waals surface area contributed by atoms with E-state index in [2.05, 4.69) is 48.9 Å². The zero-order valence-corrected chi connectivity index (χ0v) is 13.2. The molecule has 5 nitrogen and oxygen atoms in total. The first-order valence-electron chi connectivity index (χ1n) is 5.03. The number of aryl methyl sites for hydroxylation is 1. The van der Waals surface area contributed by atoms with Crippen LogP contribution in [-0.2, 0) is 7.05 Å². The fourth-order valence-electron chi connectivity index (χ4n) is 1.46. The van der Waals surface area contributed by atoms with E-state index in [0.717, 1.165) is 8.04 Å². The summed E-state index contributed by atoms with van der Waals surface area (Å²) in [5.74, 6) is -0.324. The lowest BCUT2D eigenvalue weighted by Crippen LogP contribution is -2.15. The van der Waals surface area contributed by atoms with E-state index in [4.69, 9.17) is 5.73 Å². The van der Waals surface area contributed by atoms with Crippen molar-refractivity contribution in [3.8, 4) is 0 Å². The normalized spacial score (nSPS) is 10.4. The lowest BCUT2D eigenvalue weighted by Gasteiger charge is -2.06. The molecule has 7 heteroatoms. The Bertz CT molecular complexity index is 611. The van der Waals surface area contributed by atoms with Crippen LogP contribution in [0.4, 0.5) is 11.4 Å². The molecule has 0 spiro atoms. The van der Waals surface area contributed by atoms with Gasteiger partial charge in [-0.1, -0.05) is 0 Å². The number of rotatable bonds is 2. The van der Waals surface area contributed by atoms with Gasteiger partial charge < -0.3 is 11.1 Å². The second kappa shape index (κ2) is 5.27. The maximum Gasteiger partial charge on any atom is 0.278 e. The van der Waals surface area contributed by atoms with Crippen LogP contribution < -0.4 is 11.1 Å². The third kappa shape index (κ3) is 2.83. The van der Waals surface area contributed by atoms with Crippen LogP contribution in [-0.4, -0.2) is 15.7 Å². The molecule has 0 aliphatic rings. The average Bonchev–Trinajstić information content (AvgIpc) is 2.62. The third-order valence-electron chi connectivity index (χ3n) is 2.25. The highest BCUT2D eigenvalue weighted by atomic mass is 127. The fourth-order valence-corrected chi connectivity index (χ4v) is 2.85. The first kappa shape index (κ1) is 13.3. The minimum absolute atomic E-state index is 0.225. The number of nitrogens with two attached hydrogens (primary N) is 1. The summed E-state index contributed by atoms with van der Waals surface area (Å²) in [7, 11) is 1.72. The van der Waals surface area contributed by atoms with Gasteiger partial charge in [-0.15, -0.1) is 0 Å². The second-order valence-corrected chi connectivity index (χ2v) is 5.78. The number of carbonyl (C=O) groups is 1. The summed E-state index contributed by atoms with van der Waals surface area (Å²) < 4.78 is 3.40. The summed E-state index contributed by atoms with van der Waals surface area (Å²) in [6, 6.07) is 5.64. The molecule has 2 rings (SSSR count). The molecule has 0 unspecified atom stereocenters. The van der Waals surface area contributed by atoms with Gasteiger partial charge in [0, 0.05) is 21.3 Å². The molecule has 1 heterocycles. The molecule has 0 atom stereocenters. The zero-order valence-electron chi connectivity index (χ0n) is 9.45. The standard InChI is InChI=1S/C11H10BrIN4O/c1-17-5-8(14)10(16-17)11(18)15-9-3-2-6(13)4-7(9)12/h2-5H,14H2,1H3,(H,15,18). The zero-order chi connectivity index (χ0) is 13.3. The molecular formula is C11H10BrIN4O. The Balaban J connectivity index is 2.24. The minimum atomic E-state index is -0.324. The Morgan fingerprint density at radius 2 is 2.28 bits per heavy atom. The number of carbonyl (C=O) groups excluding carboxylic acids is 1. The van der Waals surface area contributed by atoms with Gasteiger partial charge in [0.25, 0.3) is 5.91 Å². The van der Waals surface area contributed by atoms with Gasteiger partial charge >= 0.3 is 0 Å². The number of nitrogens with one attached hydrogen (secondary N) is 1. The van der Waals surface area contributed by atoms with Crippen molar-refractivity contribution in [2.45, 2.75) is 0 Å². The number of amides is 1. The van der Waals surface area contributed by atoms with Crippen LogP contribution >= 0.6 is 38.5 Å². The molecule has 1 aromatic carbocycles. The highest BCUT2D eigenvalue weighted by Gasteiger charge is 2.15. The number of hydrogen-bond acceptors (Lipinski definition) is 3. The Hall–Kier alpha value is -1.09. The van der Waals surface area contributed by atoms with Gasteiger partial charge in [-0.25, -0.2) is 0 Å². The summed E-state index contributed by atoms with van der Waals surface area (Å²) in [5, 5.41) is 6.78. The lowest BCUT2D eigenvalue weighted by molar-refractivity contribution is 0.102. The van der Waals surface area contributed by atoms with E-state index in [0.29, 0.717) is 11.4 Å². The molecule has 0 radical (unpaired) electrons. The molecular weight excluding hydrogens is 411 g/mol. The van der Waals surface area contributed by atoms with Gasteiger partial charge in [0.05, 0.1) is 11.4 Å². The van der Waals surface area contributed by atoms with E-state index in [-0.39, 0.29) is 11.6 Å². The predicted octanol–water partition coefficient (Wildman–Crippen LogP) is 2.62. The van der Waals surface area contributed by atoms with Crippen LogP contribution in [0.2, 0.25) is 0 Å². The molecule has 18 heavy (non-hydrogen) atoms. The molecule has 0 bridgehead atoms. The van der Waals surface area contributed by atoms with Crippen molar-refractivity contribution >= 4 is 55.8 Å². The van der Waals surface area contributed by atoms with Gasteiger partial charge in [0.2, 0.25) is 0 Å². The first-order valence-corrected chi connectivity index (χ1v) is 6.90. The number of benzene rings is 1. The maximum absolute atomic E-state index is 12.0. The summed E-state index contributed by atoms with van der Waals surface area (Å²) in [4.78, 5) is 12.0. The van der Waals surface area contributed by atoms with Gasteiger partial charge in [-0.05, 0) is 56.7 Å². The molecule has 3 N–H and O–H groups in total. The summed E-state index contributed by atoms with van der Waals surface area (Å²) in [6.45, 7) is 0. The third-order valence-corrected chi connectivity index (χ3v) is 3.58. The van der Waals surface area contributed by atoms with E-state index < -0.39 is 0 Å². The Morgan fingerprint density at radius 3 is 2.83 bits per heavy atom. The number of aromatic nitrogens is 2. The molecule has 0 saturated heterocycles. The van der Waals surface area contributed by atoms with Crippen molar-refractivity contribution in [2.24, 2.45) is 7.05 Å². The van der Waals surface area contributed by atoms with E-state index >= 15 is 0 Å². The van der Waals surface area contributed by atoms with E-state index in [1.807, 2.05) is 18.2 Å². The van der Waals surface area contributed by atoms with Crippen molar-refractivity contribution in [3.63, 3.8) is 0 Å². The number of hydrogen-bond donors (Lipinski definition) is 2. The van der Waals surface area contributed by atoms with Crippen LogP contribution in [0.25, 0.3) is 0 Å². The summed E-state index contributed by atoms with van der Waals surface area (Å²) in [6.07, 6.45) is 1.60. The number of anilines is 2. The molecule has 2 aromatic rings. The average molecular weight is 421 g/mol. The summed E-state index contributed by atoms with van der Waals surface area (Å²) in [5.41, 5.74) is 6.97. The van der Waals surface area contributed by atoms with Crippen molar-refractivity contribution in [1.29, 1.82) is 0 Å². The monoisotopic (exact) mass is 420 g/mol. The quantitative estimate of drug-likeness (QED) is 0.733. The second-order valence-electron chi connectivity index (χ2n) is 3.69. The van der Waals surface area contributed by atoms with Crippen LogP contribution in [0.1, 0.15) is 10.5 Å². The van der Waals surface area contributed by atoms with Gasteiger partial charge in [-0.3, -0.25) is 9.48 Å². The van der Waals surface area contributed by atoms with Crippen molar-refractivity contribution < 1.29 is 4.79 Å². The van der Waals surface area contributed by atoms with Crippen LogP contribution in [0.15, 0.2) is 28.9 Å². The highest BCUT2D eigenvalue weighted by molar-refractivity contribution is 14.1. The largest absolute Gasteiger partial charge is 0.396 e. The van der Waals surface area contributed by atoms with Crippen LogP contribution in [0.3, 0.4) is 0 Å². The van der Waals surface area contributed by atoms with Crippen molar-refractivity contribution in [2.75, 3.05) is 11.1 Å². The molecule has 1 amide bonds. The number of nitrogens with zero attached hydrogens (tertiary/aromatic N) is 2. The molecule has 94 valence electrons. The molecule has 0 aliphatic heterocycles. The smallest absolute Gasteiger partial charge is 0.278 e. The van der Waals surface area contributed by atoms with E-state index in [1.165, 1.54) is 4.68 Å². The highest BCUT2D eigenvalue weighted by Crippen LogP contribution is 2.25. The van der Waals surface area contributed by atoms with Crippen molar-refractivity contribution in [3.05, 3.63) is 38.1 Å². The van der Waals surface area contributed by atoms with E-state index in [1.54, 1.807) is 13.2 Å². The number of halogens is 2.